The molecule has 2 atom stereocenters. The van der Waals surface area contributed by atoms with Crippen LogP contribution in [0.1, 0.15) is 27.7 Å². The molecule has 0 saturated carbocycles. The molecule has 1 heterocycles. The van der Waals surface area contributed by atoms with Crippen molar-refractivity contribution >= 4 is 40.8 Å². The third-order valence-electron chi connectivity index (χ3n) is 4.95. The molecule has 8 nitrogen and oxygen atoms in total. The van der Waals surface area contributed by atoms with Crippen LogP contribution in [0.15, 0.2) is 29.3 Å². The van der Waals surface area contributed by atoms with E-state index in [9.17, 15) is 14.9 Å². The zero-order chi connectivity index (χ0) is 23.7. The van der Waals surface area contributed by atoms with Crippen molar-refractivity contribution in [2.75, 3.05) is 49.7 Å². The first-order valence-electron chi connectivity index (χ1n) is 10.7. The zero-order valence-electron chi connectivity index (χ0n) is 19.5. The molecule has 0 bridgehead atoms. The molecule has 0 aliphatic carbocycles. The van der Waals surface area contributed by atoms with Crippen LogP contribution in [-0.2, 0) is 14.3 Å². The fourth-order valence-electron chi connectivity index (χ4n) is 2.79. The standard InChI is InChI=1S/C23H33N5O3S/c1-6-28(5)21(29)19(32-15-16(13-24)20-25-10-11-31-20)14-26-17-8-7-9-18(12-17)27-22(30)23(2,3)4/h7-9,12,16,19,26H,6,10-11,14-15H2,1-5H3,(H,27,30). The number of amides is 2. The number of nitrogens with zero attached hydrogens (tertiary/aromatic N) is 3. The van der Waals surface area contributed by atoms with Crippen LogP contribution in [0.4, 0.5) is 11.4 Å². The zero-order valence-corrected chi connectivity index (χ0v) is 20.3. The SMILES string of the molecule is CCN(C)C(=O)C(CNc1cccc(NC(=O)C(C)(C)C)c1)SCC(C#N)C1=NCCO1. The minimum absolute atomic E-state index is 0.00633. The Morgan fingerprint density at radius 3 is 2.66 bits per heavy atom. The van der Waals surface area contributed by atoms with Crippen molar-refractivity contribution in [2.45, 2.75) is 32.9 Å². The maximum atomic E-state index is 12.9. The summed E-state index contributed by atoms with van der Waals surface area (Å²) in [7, 11) is 1.77. The van der Waals surface area contributed by atoms with Crippen molar-refractivity contribution in [1.82, 2.24) is 4.90 Å². The number of hydrogen-bond donors (Lipinski definition) is 2. The van der Waals surface area contributed by atoms with Gasteiger partial charge in [-0.1, -0.05) is 26.8 Å². The number of benzene rings is 1. The monoisotopic (exact) mass is 459 g/mol. The quantitative estimate of drug-likeness (QED) is 0.556. The smallest absolute Gasteiger partial charge is 0.237 e. The first-order valence-corrected chi connectivity index (χ1v) is 11.8. The number of thioether (sulfide) groups is 1. The predicted octanol–water partition coefficient (Wildman–Crippen LogP) is 3.23. The molecular formula is C23H33N5O3S. The minimum atomic E-state index is -0.493. The molecule has 2 N–H and O–H groups in total. The number of rotatable bonds is 10. The average Bonchev–Trinajstić information content (AvgIpc) is 3.29. The lowest BCUT2D eigenvalue weighted by molar-refractivity contribution is -0.128. The average molecular weight is 460 g/mol. The summed E-state index contributed by atoms with van der Waals surface area (Å²) in [6.45, 7) is 9.56. The third kappa shape index (κ3) is 7.45. The highest BCUT2D eigenvalue weighted by Crippen LogP contribution is 2.23. The number of carbonyl (C=O) groups excluding carboxylic acids is 2. The van der Waals surface area contributed by atoms with Crippen molar-refractivity contribution in [3.63, 3.8) is 0 Å². The number of carbonyl (C=O) groups is 2. The van der Waals surface area contributed by atoms with Gasteiger partial charge in [0, 0.05) is 42.7 Å². The highest BCUT2D eigenvalue weighted by molar-refractivity contribution is 8.00. The van der Waals surface area contributed by atoms with E-state index >= 15 is 0 Å². The van der Waals surface area contributed by atoms with E-state index < -0.39 is 11.3 Å². The fraction of sp³-hybridized carbons (Fsp3) is 0.565. The van der Waals surface area contributed by atoms with Crippen LogP contribution in [0.25, 0.3) is 0 Å². The number of nitriles is 1. The van der Waals surface area contributed by atoms with Gasteiger partial charge in [-0.15, -0.1) is 11.8 Å². The van der Waals surface area contributed by atoms with Crippen LogP contribution >= 0.6 is 11.8 Å². The number of aliphatic imine (C=N–C) groups is 1. The van der Waals surface area contributed by atoms with Gasteiger partial charge in [-0.3, -0.25) is 14.6 Å². The van der Waals surface area contributed by atoms with Crippen molar-refractivity contribution in [1.29, 1.82) is 5.26 Å². The lowest BCUT2D eigenvalue weighted by Crippen LogP contribution is -2.39. The van der Waals surface area contributed by atoms with Crippen molar-refractivity contribution in [3.05, 3.63) is 24.3 Å². The van der Waals surface area contributed by atoms with Crippen LogP contribution in [0.3, 0.4) is 0 Å². The van der Waals surface area contributed by atoms with Gasteiger partial charge in [0.05, 0.1) is 12.6 Å². The van der Waals surface area contributed by atoms with Gasteiger partial charge in [-0.05, 0) is 25.1 Å². The molecular weight excluding hydrogens is 426 g/mol. The Morgan fingerprint density at radius 1 is 1.34 bits per heavy atom. The normalized spacial score (nSPS) is 15.1. The third-order valence-corrected chi connectivity index (χ3v) is 6.24. The number of hydrogen-bond acceptors (Lipinski definition) is 7. The van der Waals surface area contributed by atoms with Gasteiger partial charge in [0.25, 0.3) is 0 Å². The van der Waals surface area contributed by atoms with Crippen molar-refractivity contribution in [2.24, 2.45) is 16.3 Å². The molecule has 0 aromatic heterocycles. The molecule has 1 aromatic rings. The molecule has 9 heteroatoms. The van der Waals surface area contributed by atoms with Crippen LogP contribution in [-0.4, -0.2) is 66.9 Å². The molecule has 2 amide bonds. The number of nitrogens with one attached hydrogen (secondary N) is 2. The second kappa shape index (κ2) is 11.8. The summed E-state index contributed by atoms with van der Waals surface area (Å²) >= 11 is 1.42. The Labute approximate surface area is 194 Å². The van der Waals surface area contributed by atoms with E-state index in [-0.39, 0.29) is 17.1 Å². The molecule has 0 spiro atoms. The Balaban J connectivity index is 2.05. The van der Waals surface area contributed by atoms with Crippen molar-refractivity contribution < 1.29 is 14.3 Å². The summed E-state index contributed by atoms with van der Waals surface area (Å²) in [5.41, 5.74) is 0.999. The number of anilines is 2. The van der Waals surface area contributed by atoms with Gasteiger partial charge < -0.3 is 20.3 Å². The second-order valence-electron chi connectivity index (χ2n) is 8.59. The molecule has 0 fully saturated rings. The molecule has 1 aliphatic heterocycles. The van der Waals surface area contributed by atoms with E-state index in [2.05, 4.69) is 21.7 Å². The Hall–Kier alpha value is -2.73. The van der Waals surface area contributed by atoms with Gasteiger partial charge in [0.2, 0.25) is 17.7 Å². The first-order chi connectivity index (χ1) is 15.2. The van der Waals surface area contributed by atoms with Crippen LogP contribution < -0.4 is 10.6 Å². The summed E-state index contributed by atoms with van der Waals surface area (Å²) in [5.74, 6) is 0.341. The predicted molar refractivity (Wildman–Crippen MR) is 130 cm³/mol. The van der Waals surface area contributed by atoms with Gasteiger partial charge in [-0.2, -0.15) is 5.26 Å². The maximum absolute atomic E-state index is 12.9. The lowest BCUT2D eigenvalue weighted by atomic mass is 9.95. The highest BCUT2D eigenvalue weighted by atomic mass is 32.2. The van der Waals surface area contributed by atoms with Crippen molar-refractivity contribution in [3.8, 4) is 6.07 Å². The van der Waals surface area contributed by atoms with Crippen LogP contribution in [0, 0.1) is 22.7 Å². The molecule has 32 heavy (non-hydrogen) atoms. The minimum Gasteiger partial charge on any atom is -0.478 e. The van der Waals surface area contributed by atoms with E-state index in [0.29, 0.717) is 43.6 Å². The summed E-state index contributed by atoms with van der Waals surface area (Å²) in [6.07, 6.45) is 0. The van der Waals surface area contributed by atoms with E-state index in [1.54, 1.807) is 11.9 Å². The van der Waals surface area contributed by atoms with Crippen LogP contribution in [0.5, 0.6) is 0 Å². The molecule has 174 valence electrons. The number of ether oxygens (including phenoxy) is 1. The maximum Gasteiger partial charge on any atom is 0.237 e. The Morgan fingerprint density at radius 2 is 2.06 bits per heavy atom. The van der Waals surface area contributed by atoms with E-state index in [4.69, 9.17) is 4.74 Å². The Kier molecular flexibility index (Phi) is 9.39. The summed E-state index contributed by atoms with van der Waals surface area (Å²) in [4.78, 5) is 31.1. The summed E-state index contributed by atoms with van der Waals surface area (Å²) in [6, 6.07) is 9.65. The highest BCUT2D eigenvalue weighted by Gasteiger charge is 2.27. The van der Waals surface area contributed by atoms with Gasteiger partial charge in [0.1, 0.15) is 17.8 Å². The molecule has 0 saturated heterocycles. The molecule has 2 rings (SSSR count). The Bertz CT molecular complexity index is 875. The first kappa shape index (κ1) is 25.5. The van der Waals surface area contributed by atoms with Crippen LogP contribution in [0.2, 0.25) is 0 Å². The summed E-state index contributed by atoms with van der Waals surface area (Å²) < 4.78 is 5.43. The van der Waals surface area contributed by atoms with E-state index in [0.717, 1.165) is 5.69 Å². The molecule has 2 unspecified atom stereocenters. The van der Waals surface area contributed by atoms with E-state index in [1.165, 1.54) is 11.8 Å². The van der Waals surface area contributed by atoms with Gasteiger partial charge in [-0.25, -0.2) is 0 Å². The lowest BCUT2D eigenvalue weighted by Gasteiger charge is -2.24. The fourth-order valence-corrected chi connectivity index (χ4v) is 3.96. The molecule has 0 radical (unpaired) electrons. The molecule has 1 aromatic carbocycles. The summed E-state index contributed by atoms with van der Waals surface area (Å²) in [5, 5.41) is 15.3. The topological polar surface area (TPSA) is 107 Å². The second-order valence-corrected chi connectivity index (χ2v) is 9.83. The van der Waals surface area contributed by atoms with E-state index in [1.807, 2.05) is 52.0 Å². The largest absolute Gasteiger partial charge is 0.478 e. The van der Waals surface area contributed by atoms with Gasteiger partial charge >= 0.3 is 0 Å². The van der Waals surface area contributed by atoms with Gasteiger partial charge in [0.15, 0.2) is 0 Å². The molecule has 1 aliphatic rings.